The van der Waals surface area contributed by atoms with Gasteiger partial charge >= 0.3 is 0 Å². The maximum absolute atomic E-state index is 4.42. The number of nitrogens with zero attached hydrogens (tertiary/aromatic N) is 2. The number of aromatic nitrogens is 2. The quantitative estimate of drug-likeness (QED) is 0.706. The molecule has 0 spiro atoms. The SMILES string of the molecule is Cc1nc(Br)ccc1NCc1c(C)c2ccccc2n1C. The first-order chi connectivity index (χ1) is 10.1. The number of benzene rings is 1. The summed E-state index contributed by atoms with van der Waals surface area (Å²) in [7, 11) is 2.12. The van der Waals surface area contributed by atoms with E-state index in [1.54, 1.807) is 0 Å². The van der Waals surface area contributed by atoms with Crippen molar-refractivity contribution >= 4 is 32.5 Å². The number of halogens is 1. The summed E-state index contributed by atoms with van der Waals surface area (Å²) >= 11 is 3.40. The summed E-state index contributed by atoms with van der Waals surface area (Å²) in [5.74, 6) is 0. The Morgan fingerprint density at radius 1 is 1.14 bits per heavy atom. The van der Waals surface area contributed by atoms with Crippen LogP contribution in [-0.4, -0.2) is 9.55 Å². The average Bonchev–Trinajstić information content (AvgIpc) is 2.71. The fourth-order valence-corrected chi connectivity index (χ4v) is 3.18. The summed E-state index contributed by atoms with van der Waals surface area (Å²) in [6.07, 6.45) is 0. The maximum atomic E-state index is 4.42. The topological polar surface area (TPSA) is 29.9 Å². The first-order valence-corrected chi connectivity index (χ1v) is 7.77. The van der Waals surface area contributed by atoms with E-state index in [0.29, 0.717) is 0 Å². The number of pyridine rings is 1. The van der Waals surface area contributed by atoms with Gasteiger partial charge in [-0.2, -0.15) is 0 Å². The zero-order valence-electron chi connectivity index (χ0n) is 12.4. The van der Waals surface area contributed by atoms with E-state index in [1.165, 1.54) is 22.2 Å². The number of hydrogen-bond acceptors (Lipinski definition) is 2. The average molecular weight is 344 g/mol. The second kappa shape index (κ2) is 5.53. The van der Waals surface area contributed by atoms with Gasteiger partial charge in [0.25, 0.3) is 0 Å². The molecule has 0 amide bonds. The minimum atomic E-state index is 0.793. The van der Waals surface area contributed by atoms with Crippen LogP contribution in [0, 0.1) is 13.8 Å². The molecule has 0 aliphatic carbocycles. The van der Waals surface area contributed by atoms with Gasteiger partial charge in [0.15, 0.2) is 0 Å². The lowest BCUT2D eigenvalue weighted by molar-refractivity contribution is 0.861. The van der Waals surface area contributed by atoms with Crippen LogP contribution in [0.4, 0.5) is 5.69 Å². The zero-order chi connectivity index (χ0) is 15.0. The fraction of sp³-hybridized carbons (Fsp3) is 0.235. The number of hydrogen-bond donors (Lipinski definition) is 1. The highest BCUT2D eigenvalue weighted by atomic mass is 79.9. The Bertz CT molecular complexity index is 766. The van der Waals surface area contributed by atoms with Gasteiger partial charge < -0.3 is 9.88 Å². The first-order valence-electron chi connectivity index (χ1n) is 6.98. The van der Waals surface area contributed by atoms with E-state index < -0.39 is 0 Å². The first kappa shape index (κ1) is 14.1. The molecule has 0 aliphatic rings. The highest BCUT2D eigenvalue weighted by Crippen LogP contribution is 2.25. The molecule has 0 unspecified atom stereocenters. The molecule has 3 aromatic rings. The van der Waals surface area contributed by atoms with Crippen LogP contribution in [0.15, 0.2) is 41.0 Å². The van der Waals surface area contributed by atoms with Crippen molar-refractivity contribution in [3.05, 3.63) is 58.0 Å². The summed E-state index contributed by atoms with van der Waals surface area (Å²) < 4.78 is 3.13. The van der Waals surface area contributed by atoms with Crippen LogP contribution in [0.2, 0.25) is 0 Å². The second-order valence-corrected chi connectivity index (χ2v) is 6.08. The van der Waals surface area contributed by atoms with Crippen molar-refractivity contribution in [1.29, 1.82) is 0 Å². The number of fused-ring (bicyclic) bond motifs is 1. The van der Waals surface area contributed by atoms with Gasteiger partial charge in [0, 0.05) is 23.6 Å². The van der Waals surface area contributed by atoms with Gasteiger partial charge in [0.2, 0.25) is 0 Å². The van der Waals surface area contributed by atoms with Crippen LogP contribution in [0.25, 0.3) is 10.9 Å². The zero-order valence-corrected chi connectivity index (χ0v) is 14.0. The predicted molar refractivity (Wildman–Crippen MR) is 91.7 cm³/mol. The molecule has 0 atom stereocenters. The van der Waals surface area contributed by atoms with Gasteiger partial charge in [0.05, 0.1) is 17.9 Å². The van der Waals surface area contributed by atoms with E-state index in [2.05, 4.69) is 75.1 Å². The molecule has 1 aromatic carbocycles. The minimum Gasteiger partial charge on any atom is -0.378 e. The molecule has 0 bridgehead atoms. The van der Waals surface area contributed by atoms with Crippen molar-refractivity contribution < 1.29 is 0 Å². The van der Waals surface area contributed by atoms with Gasteiger partial charge in [-0.05, 0) is 53.5 Å². The number of anilines is 1. The molecule has 0 aliphatic heterocycles. The van der Waals surface area contributed by atoms with Crippen molar-refractivity contribution in [2.24, 2.45) is 7.05 Å². The molecular formula is C17H18BrN3. The van der Waals surface area contributed by atoms with Crippen LogP contribution >= 0.6 is 15.9 Å². The van der Waals surface area contributed by atoms with Gasteiger partial charge in [-0.1, -0.05) is 18.2 Å². The molecule has 0 radical (unpaired) electrons. The van der Waals surface area contributed by atoms with Crippen LogP contribution in [0.1, 0.15) is 17.0 Å². The van der Waals surface area contributed by atoms with Crippen LogP contribution in [0.3, 0.4) is 0 Å². The molecule has 3 rings (SSSR count). The Labute approximate surface area is 133 Å². The van der Waals surface area contributed by atoms with Crippen molar-refractivity contribution in [2.45, 2.75) is 20.4 Å². The molecular weight excluding hydrogens is 326 g/mol. The van der Waals surface area contributed by atoms with Crippen molar-refractivity contribution in [1.82, 2.24) is 9.55 Å². The van der Waals surface area contributed by atoms with E-state index >= 15 is 0 Å². The summed E-state index contributed by atoms with van der Waals surface area (Å²) in [4.78, 5) is 4.42. The normalized spacial score (nSPS) is 11.0. The van der Waals surface area contributed by atoms with Crippen LogP contribution in [0.5, 0.6) is 0 Å². The largest absolute Gasteiger partial charge is 0.378 e. The standard InChI is InChI=1S/C17H18BrN3/c1-11-13-6-4-5-7-15(13)21(3)16(11)10-19-14-8-9-17(18)20-12(14)2/h4-9,19H,10H2,1-3H3. The number of para-hydroxylation sites is 1. The third-order valence-corrected chi connectivity index (χ3v) is 4.45. The molecule has 108 valence electrons. The molecule has 1 N–H and O–H groups in total. The summed E-state index contributed by atoms with van der Waals surface area (Å²) in [6.45, 7) is 4.99. The van der Waals surface area contributed by atoms with E-state index in [9.17, 15) is 0 Å². The Morgan fingerprint density at radius 2 is 1.90 bits per heavy atom. The number of aryl methyl sites for hydroxylation is 3. The molecule has 3 nitrogen and oxygen atoms in total. The van der Waals surface area contributed by atoms with Crippen LogP contribution < -0.4 is 5.32 Å². The summed E-state index contributed by atoms with van der Waals surface area (Å²) in [6, 6.07) is 12.5. The van der Waals surface area contributed by atoms with Gasteiger partial charge in [-0.3, -0.25) is 0 Å². The lowest BCUT2D eigenvalue weighted by atomic mass is 10.1. The van der Waals surface area contributed by atoms with E-state index in [-0.39, 0.29) is 0 Å². The van der Waals surface area contributed by atoms with Crippen molar-refractivity contribution in [2.75, 3.05) is 5.32 Å². The highest BCUT2D eigenvalue weighted by molar-refractivity contribution is 9.10. The van der Waals surface area contributed by atoms with Crippen molar-refractivity contribution in [3.8, 4) is 0 Å². The van der Waals surface area contributed by atoms with Gasteiger partial charge in [0.1, 0.15) is 4.60 Å². The van der Waals surface area contributed by atoms with Gasteiger partial charge in [-0.15, -0.1) is 0 Å². The molecule has 21 heavy (non-hydrogen) atoms. The third-order valence-electron chi connectivity index (χ3n) is 4.01. The Kier molecular flexibility index (Phi) is 3.72. The lowest BCUT2D eigenvalue weighted by Gasteiger charge is -2.11. The smallest absolute Gasteiger partial charge is 0.106 e. The molecule has 2 aromatic heterocycles. The van der Waals surface area contributed by atoms with Crippen LogP contribution in [-0.2, 0) is 13.6 Å². The van der Waals surface area contributed by atoms with E-state index in [4.69, 9.17) is 0 Å². The molecule has 0 saturated carbocycles. The fourth-order valence-electron chi connectivity index (χ4n) is 2.78. The number of nitrogens with one attached hydrogen (secondary N) is 1. The maximum Gasteiger partial charge on any atom is 0.106 e. The van der Waals surface area contributed by atoms with Crippen molar-refractivity contribution in [3.63, 3.8) is 0 Å². The molecule has 2 heterocycles. The lowest BCUT2D eigenvalue weighted by Crippen LogP contribution is -2.07. The highest BCUT2D eigenvalue weighted by Gasteiger charge is 2.11. The molecule has 0 fully saturated rings. The summed E-state index contributed by atoms with van der Waals surface area (Å²) in [5, 5.41) is 4.82. The Hall–Kier alpha value is -1.81. The molecule has 0 saturated heterocycles. The second-order valence-electron chi connectivity index (χ2n) is 5.27. The third kappa shape index (κ3) is 2.56. The van der Waals surface area contributed by atoms with E-state index in [1.807, 2.05) is 13.0 Å². The Balaban J connectivity index is 1.92. The van der Waals surface area contributed by atoms with Gasteiger partial charge in [-0.25, -0.2) is 4.98 Å². The monoisotopic (exact) mass is 343 g/mol. The summed E-state index contributed by atoms with van der Waals surface area (Å²) in [5.41, 5.74) is 5.99. The Morgan fingerprint density at radius 3 is 2.62 bits per heavy atom. The molecule has 4 heteroatoms. The van der Waals surface area contributed by atoms with E-state index in [0.717, 1.165) is 22.5 Å². The predicted octanol–water partition coefficient (Wildman–Crippen LogP) is 4.56. The minimum absolute atomic E-state index is 0.793. The number of rotatable bonds is 3.